The fraction of sp³-hybridized carbons (Fsp3) is 0.800. The summed E-state index contributed by atoms with van der Waals surface area (Å²) in [6, 6.07) is 0. The molecular weight excluding hydrogens is 422 g/mol. The molecule has 0 N–H and O–H groups in total. The van der Waals surface area contributed by atoms with Gasteiger partial charge in [-0.25, -0.2) is 4.57 Å². The van der Waals surface area contributed by atoms with Crippen LogP contribution in [0, 0.1) is 0 Å². The summed E-state index contributed by atoms with van der Waals surface area (Å²) in [4.78, 5) is 0. The smallest absolute Gasteiger partial charge is 0.391 e. The van der Waals surface area contributed by atoms with Crippen LogP contribution < -0.4 is 14.8 Å². The van der Waals surface area contributed by atoms with E-state index in [9.17, 15) is 62.9 Å². The van der Waals surface area contributed by atoms with Crippen molar-refractivity contribution in [2.24, 2.45) is 0 Å². The monoisotopic (exact) mass is 428 g/mol. The molecule has 0 amide bonds. The van der Waals surface area contributed by atoms with Crippen molar-refractivity contribution in [2.45, 2.75) is 49.0 Å². The lowest BCUT2D eigenvalue weighted by molar-refractivity contribution is -0.762. The molecule has 5 nitrogen and oxygen atoms in total. The van der Waals surface area contributed by atoms with Crippen LogP contribution in [0.5, 0.6) is 0 Å². The number of hydrogen-bond acceptors (Lipinski definition) is 3. The van der Waals surface area contributed by atoms with Gasteiger partial charge in [-0.05, 0) is 0 Å². The lowest BCUT2D eigenvalue weighted by Gasteiger charge is -2.41. The quantitative estimate of drug-likeness (QED) is 0.522. The summed E-state index contributed by atoms with van der Waals surface area (Å²) < 4.78 is 149. The second kappa shape index (κ2) is 6.39. The SMILES string of the molecule is [O-]C(Cn1c[n+](CC([O-])(C(F)(F)F)C(F)(F)F)cn1)(C(F)(F)F)C(F)(F)F. The molecule has 0 aliphatic carbocycles. The van der Waals surface area contributed by atoms with Crippen LogP contribution in [0.1, 0.15) is 0 Å². The molecule has 0 aromatic carbocycles. The highest BCUT2D eigenvalue weighted by Crippen LogP contribution is 2.42. The molecule has 0 spiro atoms. The average molecular weight is 428 g/mol. The molecule has 1 aromatic heterocycles. The molecule has 0 unspecified atom stereocenters. The maximum Gasteiger partial charge on any atom is 0.391 e. The predicted molar refractivity (Wildman–Crippen MR) is 52.1 cm³/mol. The zero-order valence-electron chi connectivity index (χ0n) is 12.3. The van der Waals surface area contributed by atoms with E-state index in [2.05, 4.69) is 5.10 Å². The van der Waals surface area contributed by atoms with Crippen molar-refractivity contribution in [2.75, 3.05) is 0 Å². The van der Waals surface area contributed by atoms with Gasteiger partial charge in [0, 0.05) is 5.10 Å². The Labute approximate surface area is 140 Å². The van der Waals surface area contributed by atoms with E-state index in [1.54, 1.807) is 0 Å². The highest BCUT2D eigenvalue weighted by atomic mass is 19.4. The molecule has 0 atom stereocenters. The molecule has 0 saturated carbocycles. The van der Waals surface area contributed by atoms with Crippen LogP contribution in [-0.4, -0.2) is 45.7 Å². The minimum Gasteiger partial charge on any atom is -0.834 e. The Bertz CT molecular complexity index is 574. The van der Waals surface area contributed by atoms with Crippen molar-refractivity contribution in [3.63, 3.8) is 0 Å². The van der Waals surface area contributed by atoms with Gasteiger partial charge < -0.3 is 10.2 Å². The minimum atomic E-state index is -6.41. The summed E-state index contributed by atoms with van der Waals surface area (Å²) in [7, 11) is 0. The topological polar surface area (TPSA) is 67.8 Å². The molecule has 17 heteroatoms. The molecule has 0 radical (unpaired) electrons. The van der Waals surface area contributed by atoms with Gasteiger partial charge in [-0.3, -0.25) is 0 Å². The lowest BCUT2D eigenvalue weighted by atomic mass is 10.0. The molecule has 0 saturated heterocycles. The van der Waals surface area contributed by atoms with Crippen molar-refractivity contribution in [3.8, 4) is 0 Å². The first-order valence-corrected chi connectivity index (χ1v) is 6.25. The third kappa shape index (κ3) is 4.22. The molecule has 158 valence electrons. The number of rotatable bonds is 4. The van der Waals surface area contributed by atoms with Gasteiger partial charge in [0.15, 0.2) is 0 Å². The number of nitrogens with zero attached hydrogens (tertiary/aromatic N) is 3. The van der Waals surface area contributed by atoms with E-state index in [-0.39, 0.29) is 17.2 Å². The highest BCUT2D eigenvalue weighted by Gasteiger charge is 2.64. The van der Waals surface area contributed by atoms with Crippen molar-refractivity contribution >= 4 is 0 Å². The molecule has 1 heterocycles. The van der Waals surface area contributed by atoms with Crippen LogP contribution >= 0.6 is 0 Å². The molecule has 1 rings (SSSR count). The third-order valence-corrected chi connectivity index (χ3v) is 3.25. The van der Waals surface area contributed by atoms with Crippen LogP contribution in [0.3, 0.4) is 0 Å². The number of alkyl halides is 12. The van der Waals surface area contributed by atoms with Crippen LogP contribution in [0.2, 0.25) is 0 Å². The van der Waals surface area contributed by atoms with Crippen molar-refractivity contribution in [1.29, 1.82) is 0 Å². The molecular formula is C10H6F12N3O2-. The Kier molecular flexibility index (Phi) is 5.50. The summed E-state index contributed by atoms with van der Waals surface area (Å²) in [6.07, 6.45) is -25.9. The Balaban J connectivity index is 3.22. The highest BCUT2D eigenvalue weighted by molar-refractivity contribution is 4.92. The van der Waals surface area contributed by atoms with E-state index in [4.69, 9.17) is 0 Å². The fourth-order valence-electron chi connectivity index (χ4n) is 1.69. The van der Waals surface area contributed by atoms with Crippen LogP contribution in [0.15, 0.2) is 12.7 Å². The lowest BCUT2D eigenvalue weighted by Crippen LogP contribution is -2.72. The van der Waals surface area contributed by atoms with Crippen molar-refractivity contribution in [3.05, 3.63) is 12.7 Å². The van der Waals surface area contributed by atoms with E-state index < -0.39 is 53.7 Å². The van der Waals surface area contributed by atoms with Gasteiger partial charge >= 0.3 is 24.7 Å². The van der Waals surface area contributed by atoms with E-state index in [1.165, 1.54) is 0 Å². The molecule has 0 bridgehead atoms. The number of aromatic nitrogens is 3. The van der Waals surface area contributed by atoms with Crippen molar-refractivity contribution < 1.29 is 67.5 Å². The van der Waals surface area contributed by atoms with Gasteiger partial charge in [0.2, 0.25) is 6.33 Å². The summed E-state index contributed by atoms with van der Waals surface area (Å²) in [5, 5.41) is 25.1. The van der Waals surface area contributed by atoms with Gasteiger partial charge in [0.05, 0.1) is 6.54 Å². The zero-order chi connectivity index (χ0) is 21.7. The van der Waals surface area contributed by atoms with Gasteiger partial charge in [0.25, 0.3) is 6.33 Å². The predicted octanol–water partition coefficient (Wildman–Crippen LogP) is 0.618. The normalized spacial score (nSPS) is 15.3. The summed E-state index contributed by atoms with van der Waals surface area (Å²) in [5.74, 6) is 0. The van der Waals surface area contributed by atoms with Crippen LogP contribution in [0.25, 0.3) is 0 Å². The first kappa shape index (κ1) is 23.3. The summed E-state index contributed by atoms with van der Waals surface area (Å²) >= 11 is 0. The van der Waals surface area contributed by atoms with Crippen LogP contribution in [0.4, 0.5) is 52.7 Å². The Morgan fingerprint density at radius 1 is 0.704 bits per heavy atom. The van der Waals surface area contributed by atoms with Crippen LogP contribution in [-0.2, 0) is 13.1 Å². The number of halogens is 12. The number of hydrogen-bond donors (Lipinski definition) is 0. The zero-order valence-corrected chi connectivity index (χ0v) is 12.3. The fourth-order valence-corrected chi connectivity index (χ4v) is 1.69. The second-order valence-corrected chi connectivity index (χ2v) is 5.26. The van der Waals surface area contributed by atoms with E-state index in [1.807, 2.05) is 0 Å². The Morgan fingerprint density at radius 2 is 1.07 bits per heavy atom. The molecule has 0 aliphatic heterocycles. The van der Waals surface area contributed by atoms with Gasteiger partial charge in [-0.1, -0.05) is 0 Å². The maximum atomic E-state index is 12.5. The summed E-state index contributed by atoms with van der Waals surface area (Å²) in [6.45, 7) is -5.04. The maximum absolute atomic E-state index is 12.5. The van der Waals surface area contributed by atoms with E-state index in [0.29, 0.717) is 0 Å². The van der Waals surface area contributed by atoms with Gasteiger partial charge in [0.1, 0.15) is 17.7 Å². The van der Waals surface area contributed by atoms with Crippen molar-refractivity contribution in [1.82, 2.24) is 9.78 Å². The summed E-state index contributed by atoms with van der Waals surface area (Å²) in [5.41, 5.74) is -11.3. The molecule has 0 aliphatic rings. The molecule has 27 heavy (non-hydrogen) atoms. The third-order valence-electron chi connectivity index (χ3n) is 3.25. The minimum absolute atomic E-state index is 0.0582. The molecule has 0 fully saturated rings. The first-order valence-electron chi connectivity index (χ1n) is 6.25. The Morgan fingerprint density at radius 3 is 1.41 bits per heavy atom. The average Bonchev–Trinajstić information content (AvgIpc) is 2.80. The van der Waals surface area contributed by atoms with E-state index >= 15 is 0 Å². The van der Waals surface area contributed by atoms with E-state index in [0.717, 1.165) is 0 Å². The van der Waals surface area contributed by atoms with Gasteiger partial charge in [-0.2, -0.15) is 52.7 Å². The standard InChI is InChI=1S/C10H6F12N3O2/c11-7(12,13)5(26,8(14,15)16)1-24-3-23-25(4-24)2-6(27,9(17,18)19)10(20,21)22/h3-4H,1-2H2/q-1. The first-order chi connectivity index (χ1) is 11.7. The van der Waals surface area contributed by atoms with Gasteiger partial charge in [-0.15, -0.1) is 4.68 Å². The molecule has 1 aromatic rings. The largest absolute Gasteiger partial charge is 0.834 e. The Hall–Kier alpha value is -1.78. The second-order valence-electron chi connectivity index (χ2n) is 5.26.